The molecule has 1 N–H and O–H groups in total. The molecule has 1 saturated heterocycles. The normalized spacial score (nSPS) is 17.0. The summed E-state index contributed by atoms with van der Waals surface area (Å²) in [6, 6.07) is 17.0. The van der Waals surface area contributed by atoms with Crippen molar-refractivity contribution in [2.45, 2.75) is 26.3 Å². The van der Waals surface area contributed by atoms with Crippen LogP contribution in [0.3, 0.4) is 0 Å². The molecular formula is C20H22N2O3. The Balaban J connectivity index is 1.66. The molecule has 0 unspecified atom stereocenters. The summed E-state index contributed by atoms with van der Waals surface area (Å²) in [5.41, 5.74) is 0.783. The van der Waals surface area contributed by atoms with Gasteiger partial charge < -0.3 is 15.0 Å². The molecule has 1 aliphatic heterocycles. The zero-order valence-electron chi connectivity index (χ0n) is 14.4. The first kappa shape index (κ1) is 17.0. The van der Waals surface area contributed by atoms with Crippen molar-refractivity contribution in [2.24, 2.45) is 5.92 Å². The van der Waals surface area contributed by atoms with Gasteiger partial charge in [0.05, 0.1) is 5.92 Å². The average Bonchev–Trinajstić information content (AvgIpc) is 2.98. The highest BCUT2D eigenvalue weighted by molar-refractivity contribution is 6.00. The number of ether oxygens (including phenoxy) is 1. The van der Waals surface area contributed by atoms with Gasteiger partial charge in [0, 0.05) is 24.7 Å². The molecule has 0 aromatic heterocycles. The standard InChI is InChI=1S/C20H22N2O3/c1-14(2)21-20(24)15-12-19(23)22(13-15)16-8-10-18(11-9-16)25-17-6-4-3-5-7-17/h3-11,14-15H,12-13H2,1-2H3,(H,21,24)/t15-/m1/s1. The van der Waals surface area contributed by atoms with Gasteiger partial charge in [-0.3, -0.25) is 9.59 Å². The fraction of sp³-hybridized carbons (Fsp3) is 0.300. The summed E-state index contributed by atoms with van der Waals surface area (Å²) in [6.07, 6.45) is 0.251. The molecule has 5 heteroatoms. The van der Waals surface area contributed by atoms with Crippen LogP contribution in [-0.4, -0.2) is 24.4 Å². The van der Waals surface area contributed by atoms with Crippen molar-refractivity contribution in [1.29, 1.82) is 0 Å². The largest absolute Gasteiger partial charge is 0.457 e. The lowest BCUT2D eigenvalue weighted by atomic mass is 10.1. The van der Waals surface area contributed by atoms with E-state index >= 15 is 0 Å². The Hall–Kier alpha value is -2.82. The molecule has 0 aliphatic carbocycles. The molecule has 1 fully saturated rings. The van der Waals surface area contributed by atoms with Crippen molar-refractivity contribution in [3.8, 4) is 11.5 Å². The van der Waals surface area contributed by atoms with E-state index in [1.165, 1.54) is 0 Å². The number of hydrogen-bond donors (Lipinski definition) is 1. The van der Waals surface area contributed by atoms with E-state index < -0.39 is 0 Å². The first-order chi connectivity index (χ1) is 12.0. The number of carbonyl (C=O) groups is 2. The Labute approximate surface area is 147 Å². The van der Waals surface area contributed by atoms with Crippen LogP contribution >= 0.6 is 0 Å². The summed E-state index contributed by atoms with van der Waals surface area (Å²) >= 11 is 0. The zero-order valence-corrected chi connectivity index (χ0v) is 14.4. The van der Waals surface area contributed by atoms with Crippen LogP contribution in [0, 0.1) is 5.92 Å². The second-order valence-electron chi connectivity index (χ2n) is 6.48. The van der Waals surface area contributed by atoms with Gasteiger partial charge in [-0.2, -0.15) is 0 Å². The Kier molecular flexibility index (Phi) is 5.03. The van der Waals surface area contributed by atoms with E-state index in [9.17, 15) is 9.59 Å². The molecule has 2 aromatic carbocycles. The van der Waals surface area contributed by atoms with Gasteiger partial charge in [0.15, 0.2) is 0 Å². The van der Waals surface area contributed by atoms with E-state index in [1.54, 1.807) is 4.90 Å². The fourth-order valence-corrected chi connectivity index (χ4v) is 2.85. The highest BCUT2D eigenvalue weighted by Gasteiger charge is 2.35. The Bertz CT molecular complexity index is 741. The van der Waals surface area contributed by atoms with Gasteiger partial charge in [-0.15, -0.1) is 0 Å². The molecule has 0 spiro atoms. The average molecular weight is 338 g/mol. The molecule has 130 valence electrons. The predicted molar refractivity (Wildman–Crippen MR) is 96.7 cm³/mol. The summed E-state index contributed by atoms with van der Waals surface area (Å²) < 4.78 is 5.76. The number of carbonyl (C=O) groups excluding carboxylic acids is 2. The lowest BCUT2D eigenvalue weighted by Gasteiger charge is -2.18. The molecular weight excluding hydrogens is 316 g/mol. The van der Waals surface area contributed by atoms with E-state index in [0.717, 1.165) is 11.4 Å². The minimum atomic E-state index is -0.296. The molecule has 0 radical (unpaired) electrons. The van der Waals surface area contributed by atoms with Crippen LogP contribution in [0.5, 0.6) is 11.5 Å². The number of rotatable bonds is 5. The first-order valence-corrected chi connectivity index (χ1v) is 8.46. The van der Waals surface area contributed by atoms with Gasteiger partial charge in [-0.25, -0.2) is 0 Å². The fourth-order valence-electron chi connectivity index (χ4n) is 2.85. The summed E-state index contributed by atoms with van der Waals surface area (Å²) in [5, 5.41) is 2.88. The lowest BCUT2D eigenvalue weighted by Crippen LogP contribution is -2.36. The molecule has 1 heterocycles. The van der Waals surface area contributed by atoms with Crippen LogP contribution < -0.4 is 15.0 Å². The molecule has 2 amide bonds. The highest BCUT2D eigenvalue weighted by Crippen LogP contribution is 2.28. The molecule has 3 rings (SSSR count). The third-order valence-electron chi connectivity index (χ3n) is 4.05. The van der Waals surface area contributed by atoms with Crippen molar-refractivity contribution in [3.63, 3.8) is 0 Å². The molecule has 0 saturated carbocycles. The topological polar surface area (TPSA) is 58.6 Å². The molecule has 5 nitrogen and oxygen atoms in total. The monoisotopic (exact) mass is 338 g/mol. The molecule has 1 aliphatic rings. The number of hydrogen-bond acceptors (Lipinski definition) is 3. The van der Waals surface area contributed by atoms with Crippen LogP contribution in [0.2, 0.25) is 0 Å². The number of para-hydroxylation sites is 1. The van der Waals surface area contributed by atoms with Gasteiger partial charge in [-0.1, -0.05) is 18.2 Å². The highest BCUT2D eigenvalue weighted by atomic mass is 16.5. The SMILES string of the molecule is CC(C)NC(=O)[C@@H]1CC(=O)N(c2ccc(Oc3ccccc3)cc2)C1. The van der Waals surface area contributed by atoms with E-state index in [4.69, 9.17) is 4.74 Å². The number of nitrogens with one attached hydrogen (secondary N) is 1. The number of anilines is 1. The third kappa shape index (κ3) is 4.18. The first-order valence-electron chi connectivity index (χ1n) is 8.46. The maximum atomic E-state index is 12.3. The summed E-state index contributed by atoms with van der Waals surface area (Å²) in [5.74, 6) is 1.08. The summed E-state index contributed by atoms with van der Waals surface area (Å²) in [7, 11) is 0. The minimum absolute atomic E-state index is 0.0272. The van der Waals surface area contributed by atoms with Crippen molar-refractivity contribution >= 4 is 17.5 Å². The van der Waals surface area contributed by atoms with Gasteiger partial charge >= 0.3 is 0 Å². The van der Waals surface area contributed by atoms with Crippen LogP contribution in [0.4, 0.5) is 5.69 Å². The number of nitrogens with zero attached hydrogens (tertiary/aromatic N) is 1. The summed E-state index contributed by atoms with van der Waals surface area (Å²) in [6.45, 7) is 4.24. The second-order valence-corrected chi connectivity index (χ2v) is 6.48. The molecule has 25 heavy (non-hydrogen) atoms. The van der Waals surface area contributed by atoms with Crippen LogP contribution in [0.1, 0.15) is 20.3 Å². The van der Waals surface area contributed by atoms with Crippen molar-refractivity contribution in [2.75, 3.05) is 11.4 Å². The van der Waals surface area contributed by atoms with Crippen LogP contribution in [0.15, 0.2) is 54.6 Å². The Morgan fingerprint density at radius 3 is 2.36 bits per heavy atom. The zero-order chi connectivity index (χ0) is 17.8. The lowest BCUT2D eigenvalue weighted by molar-refractivity contribution is -0.126. The molecule has 0 bridgehead atoms. The van der Waals surface area contributed by atoms with Gasteiger partial charge in [0.25, 0.3) is 0 Å². The van der Waals surface area contributed by atoms with E-state index in [2.05, 4.69) is 5.32 Å². The number of amides is 2. The van der Waals surface area contributed by atoms with Gasteiger partial charge in [0.2, 0.25) is 11.8 Å². The smallest absolute Gasteiger partial charge is 0.227 e. The second kappa shape index (κ2) is 7.38. The van der Waals surface area contributed by atoms with Gasteiger partial charge in [0.1, 0.15) is 11.5 Å². The van der Waals surface area contributed by atoms with E-state index in [-0.39, 0.29) is 30.2 Å². The van der Waals surface area contributed by atoms with Crippen LogP contribution in [-0.2, 0) is 9.59 Å². The van der Waals surface area contributed by atoms with Gasteiger partial charge in [-0.05, 0) is 50.2 Å². The van der Waals surface area contributed by atoms with E-state index in [1.807, 2.05) is 68.4 Å². The third-order valence-corrected chi connectivity index (χ3v) is 4.05. The minimum Gasteiger partial charge on any atom is -0.457 e. The van der Waals surface area contributed by atoms with E-state index in [0.29, 0.717) is 12.3 Å². The maximum Gasteiger partial charge on any atom is 0.227 e. The van der Waals surface area contributed by atoms with Crippen molar-refractivity contribution < 1.29 is 14.3 Å². The predicted octanol–water partition coefficient (Wildman–Crippen LogP) is 3.36. The van der Waals surface area contributed by atoms with Crippen molar-refractivity contribution in [3.05, 3.63) is 54.6 Å². The van der Waals surface area contributed by atoms with Crippen LogP contribution in [0.25, 0.3) is 0 Å². The molecule has 2 aromatic rings. The Morgan fingerprint density at radius 2 is 1.72 bits per heavy atom. The maximum absolute atomic E-state index is 12.3. The molecule has 1 atom stereocenters. The summed E-state index contributed by atoms with van der Waals surface area (Å²) in [4.78, 5) is 26.1. The Morgan fingerprint density at radius 1 is 1.08 bits per heavy atom. The number of benzene rings is 2. The van der Waals surface area contributed by atoms with Crippen molar-refractivity contribution in [1.82, 2.24) is 5.32 Å². The quantitative estimate of drug-likeness (QED) is 0.909.